The van der Waals surface area contributed by atoms with Crippen LogP contribution in [0.25, 0.3) is 0 Å². The number of hydrogen-bond donors (Lipinski definition) is 0. The second kappa shape index (κ2) is 6.12. The highest BCUT2D eigenvalue weighted by atomic mass is 16.5. The molecule has 5 heteroatoms. The molecule has 2 aliphatic heterocycles. The molecule has 1 amide bonds. The summed E-state index contributed by atoms with van der Waals surface area (Å²) in [4.78, 5) is 20.0. The SMILES string of the molecule is COc1ccc(N=C2C(=O)N3c4c2cc(OC)cc4[C@H](C)CC3(C)C)cc1. The van der Waals surface area contributed by atoms with Gasteiger partial charge in [-0.25, -0.2) is 4.99 Å². The van der Waals surface area contributed by atoms with Crippen LogP contribution in [0.15, 0.2) is 41.4 Å². The van der Waals surface area contributed by atoms with Gasteiger partial charge in [-0.3, -0.25) is 4.79 Å². The van der Waals surface area contributed by atoms with E-state index in [1.807, 2.05) is 35.2 Å². The van der Waals surface area contributed by atoms with Crippen molar-refractivity contribution in [3.63, 3.8) is 0 Å². The van der Waals surface area contributed by atoms with Crippen molar-refractivity contribution in [3.05, 3.63) is 47.5 Å². The van der Waals surface area contributed by atoms with E-state index in [9.17, 15) is 4.79 Å². The molecule has 2 heterocycles. The van der Waals surface area contributed by atoms with Crippen molar-refractivity contribution in [2.45, 2.75) is 38.6 Å². The van der Waals surface area contributed by atoms with E-state index in [0.717, 1.165) is 40.4 Å². The lowest BCUT2D eigenvalue weighted by molar-refractivity contribution is -0.113. The Kier molecular flexibility index (Phi) is 3.98. The summed E-state index contributed by atoms with van der Waals surface area (Å²) >= 11 is 0. The zero-order valence-corrected chi connectivity index (χ0v) is 16.4. The van der Waals surface area contributed by atoms with Gasteiger partial charge in [0.15, 0.2) is 0 Å². The standard InChI is InChI=1S/C22H24N2O3/c1-13-12-22(2,3)24-20-17(13)10-16(27-5)11-18(20)19(21(24)25)23-14-6-8-15(26-4)9-7-14/h6-11,13H,12H2,1-5H3/t13-/m1/s1. The van der Waals surface area contributed by atoms with Crippen molar-refractivity contribution in [1.29, 1.82) is 0 Å². The van der Waals surface area contributed by atoms with E-state index in [1.165, 1.54) is 0 Å². The van der Waals surface area contributed by atoms with E-state index >= 15 is 0 Å². The third kappa shape index (κ3) is 2.69. The maximum Gasteiger partial charge on any atom is 0.278 e. The molecule has 0 saturated heterocycles. The molecule has 0 N–H and O–H groups in total. The van der Waals surface area contributed by atoms with E-state index in [0.29, 0.717) is 11.6 Å². The molecule has 5 nitrogen and oxygen atoms in total. The molecule has 140 valence electrons. The van der Waals surface area contributed by atoms with Gasteiger partial charge >= 0.3 is 0 Å². The van der Waals surface area contributed by atoms with Crippen LogP contribution < -0.4 is 14.4 Å². The number of benzene rings is 2. The minimum Gasteiger partial charge on any atom is -0.497 e. The van der Waals surface area contributed by atoms with Gasteiger partial charge in [-0.15, -0.1) is 0 Å². The Morgan fingerprint density at radius 3 is 2.37 bits per heavy atom. The zero-order valence-electron chi connectivity index (χ0n) is 16.4. The highest BCUT2D eigenvalue weighted by molar-refractivity contribution is 6.55. The van der Waals surface area contributed by atoms with E-state index in [2.05, 4.69) is 26.8 Å². The summed E-state index contributed by atoms with van der Waals surface area (Å²) in [5, 5.41) is 0. The smallest absolute Gasteiger partial charge is 0.278 e. The summed E-state index contributed by atoms with van der Waals surface area (Å²) in [6.45, 7) is 6.45. The van der Waals surface area contributed by atoms with Crippen LogP contribution in [-0.2, 0) is 4.79 Å². The number of ether oxygens (including phenoxy) is 2. The van der Waals surface area contributed by atoms with E-state index in [4.69, 9.17) is 14.5 Å². The van der Waals surface area contributed by atoms with Crippen molar-refractivity contribution in [2.75, 3.05) is 19.1 Å². The Morgan fingerprint density at radius 2 is 1.74 bits per heavy atom. The maximum atomic E-state index is 13.4. The van der Waals surface area contributed by atoms with Gasteiger partial charge in [0.25, 0.3) is 5.91 Å². The fraction of sp³-hybridized carbons (Fsp3) is 0.364. The Hall–Kier alpha value is -2.82. The van der Waals surface area contributed by atoms with E-state index in [-0.39, 0.29) is 11.4 Å². The predicted molar refractivity (Wildman–Crippen MR) is 107 cm³/mol. The summed E-state index contributed by atoms with van der Waals surface area (Å²) < 4.78 is 10.7. The molecule has 2 aromatic rings. The second-order valence-electron chi connectivity index (χ2n) is 7.83. The third-order valence-corrected chi connectivity index (χ3v) is 5.49. The highest BCUT2D eigenvalue weighted by Gasteiger charge is 2.48. The number of aliphatic imine (C=N–C) groups is 1. The minimum atomic E-state index is -0.260. The van der Waals surface area contributed by atoms with Crippen molar-refractivity contribution in [1.82, 2.24) is 0 Å². The molecule has 0 spiro atoms. The van der Waals surface area contributed by atoms with E-state index in [1.54, 1.807) is 14.2 Å². The summed E-state index contributed by atoms with van der Waals surface area (Å²) in [5.74, 6) is 1.81. The van der Waals surface area contributed by atoms with Gasteiger partial charge in [0.2, 0.25) is 0 Å². The van der Waals surface area contributed by atoms with Gasteiger partial charge in [-0.2, -0.15) is 0 Å². The van der Waals surface area contributed by atoms with Crippen LogP contribution in [0.1, 0.15) is 44.2 Å². The first-order chi connectivity index (χ1) is 12.9. The quantitative estimate of drug-likeness (QED) is 0.808. The van der Waals surface area contributed by atoms with Crippen molar-refractivity contribution in [3.8, 4) is 11.5 Å². The number of amides is 1. The molecule has 27 heavy (non-hydrogen) atoms. The minimum absolute atomic E-state index is 0.0489. The average Bonchev–Trinajstić information content (AvgIpc) is 2.93. The van der Waals surface area contributed by atoms with Crippen LogP contribution in [0, 0.1) is 0 Å². The Balaban J connectivity index is 1.92. The number of carbonyl (C=O) groups is 1. The van der Waals surface area contributed by atoms with Crippen LogP contribution in [0.3, 0.4) is 0 Å². The zero-order chi connectivity index (χ0) is 19.3. The lowest BCUT2D eigenvalue weighted by atomic mass is 9.80. The number of methoxy groups -OCH3 is 2. The summed E-state index contributed by atoms with van der Waals surface area (Å²) in [6, 6.07) is 11.4. The van der Waals surface area contributed by atoms with Crippen molar-refractivity contribution in [2.24, 2.45) is 4.99 Å². The molecule has 0 saturated carbocycles. The van der Waals surface area contributed by atoms with Gasteiger partial charge in [0.05, 0.1) is 25.6 Å². The summed E-state index contributed by atoms with van der Waals surface area (Å²) in [5.41, 5.74) is 3.92. The number of hydrogen-bond acceptors (Lipinski definition) is 4. The molecule has 1 atom stereocenters. The van der Waals surface area contributed by atoms with Crippen LogP contribution in [0.5, 0.6) is 11.5 Å². The summed E-state index contributed by atoms with van der Waals surface area (Å²) in [7, 11) is 3.28. The van der Waals surface area contributed by atoms with Gasteiger partial charge < -0.3 is 14.4 Å². The lowest BCUT2D eigenvalue weighted by Crippen LogP contribution is -2.50. The number of anilines is 1. The molecule has 0 radical (unpaired) electrons. The molecule has 0 aliphatic carbocycles. The fourth-order valence-electron chi connectivity index (χ4n) is 4.30. The van der Waals surface area contributed by atoms with Crippen molar-refractivity contribution < 1.29 is 14.3 Å². The first kappa shape index (κ1) is 17.6. The number of nitrogens with zero attached hydrogens (tertiary/aromatic N) is 2. The van der Waals surface area contributed by atoms with Crippen LogP contribution >= 0.6 is 0 Å². The largest absolute Gasteiger partial charge is 0.497 e. The van der Waals surface area contributed by atoms with Crippen LogP contribution in [0.4, 0.5) is 11.4 Å². The maximum absolute atomic E-state index is 13.4. The first-order valence-corrected chi connectivity index (χ1v) is 9.15. The van der Waals surface area contributed by atoms with E-state index < -0.39 is 0 Å². The fourth-order valence-corrected chi connectivity index (χ4v) is 4.30. The summed E-state index contributed by atoms with van der Waals surface area (Å²) in [6.07, 6.45) is 0.897. The van der Waals surface area contributed by atoms with Gasteiger partial charge in [0.1, 0.15) is 17.2 Å². The third-order valence-electron chi connectivity index (χ3n) is 5.49. The monoisotopic (exact) mass is 364 g/mol. The molecule has 0 bridgehead atoms. The highest BCUT2D eigenvalue weighted by Crippen LogP contribution is 2.50. The van der Waals surface area contributed by atoms with Gasteiger partial charge in [-0.1, -0.05) is 6.92 Å². The van der Waals surface area contributed by atoms with Gasteiger partial charge in [-0.05, 0) is 68.1 Å². The Morgan fingerprint density at radius 1 is 1.07 bits per heavy atom. The number of carbonyl (C=O) groups excluding carboxylic acids is 1. The molecule has 2 aromatic carbocycles. The molecule has 0 unspecified atom stereocenters. The lowest BCUT2D eigenvalue weighted by Gasteiger charge is -2.43. The topological polar surface area (TPSA) is 51.1 Å². The molecule has 0 fully saturated rings. The normalized spacial score (nSPS) is 21.4. The molecule has 2 aliphatic rings. The van der Waals surface area contributed by atoms with Crippen LogP contribution in [-0.4, -0.2) is 31.4 Å². The molecular weight excluding hydrogens is 340 g/mol. The van der Waals surface area contributed by atoms with Gasteiger partial charge in [0, 0.05) is 11.1 Å². The number of rotatable bonds is 3. The average molecular weight is 364 g/mol. The Labute approximate surface area is 159 Å². The first-order valence-electron chi connectivity index (χ1n) is 9.15. The van der Waals surface area contributed by atoms with Crippen LogP contribution in [0.2, 0.25) is 0 Å². The molecule has 4 rings (SSSR count). The predicted octanol–water partition coefficient (Wildman–Crippen LogP) is 4.46. The molecule has 0 aromatic heterocycles. The Bertz CT molecular complexity index is 945. The van der Waals surface area contributed by atoms with Crippen molar-refractivity contribution >= 4 is 23.0 Å². The molecular formula is C22H24N2O3. The second-order valence-corrected chi connectivity index (χ2v) is 7.83.